The molecule has 2 aromatic carbocycles. The molecule has 1 aliphatic rings. The largest absolute Gasteiger partial charge is 0.457 e. The predicted octanol–water partition coefficient (Wildman–Crippen LogP) is 3.37. The fourth-order valence-corrected chi connectivity index (χ4v) is 2.96. The van der Waals surface area contributed by atoms with Gasteiger partial charge in [0.05, 0.1) is 5.25 Å². The van der Waals surface area contributed by atoms with Crippen molar-refractivity contribution in [3.8, 4) is 11.5 Å². The van der Waals surface area contributed by atoms with E-state index in [0.29, 0.717) is 12.2 Å². The summed E-state index contributed by atoms with van der Waals surface area (Å²) >= 11 is 1.04. The van der Waals surface area contributed by atoms with Gasteiger partial charge >= 0.3 is 0 Å². The summed E-state index contributed by atoms with van der Waals surface area (Å²) in [5.41, 5.74) is 0.964. The van der Waals surface area contributed by atoms with Gasteiger partial charge in [-0.1, -0.05) is 42.1 Å². The van der Waals surface area contributed by atoms with Crippen molar-refractivity contribution < 1.29 is 14.3 Å². The molecule has 0 bridgehead atoms. The molecule has 21 heavy (non-hydrogen) atoms. The van der Waals surface area contributed by atoms with E-state index in [1.807, 2.05) is 54.6 Å². The maximum Gasteiger partial charge on any atom is 0.286 e. The Kier molecular flexibility index (Phi) is 3.92. The monoisotopic (exact) mass is 299 g/mol. The number of hydrogen-bond acceptors (Lipinski definition) is 4. The van der Waals surface area contributed by atoms with Crippen LogP contribution in [0.5, 0.6) is 11.5 Å². The van der Waals surface area contributed by atoms with E-state index in [2.05, 4.69) is 5.32 Å². The molecule has 5 heteroatoms. The van der Waals surface area contributed by atoms with E-state index in [1.165, 1.54) is 0 Å². The van der Waals surface area contributed by atoms with Crippen LogP contribution in [0.3, 0.4) is 0 Å². The van der Waals surface area contributed by atoms with Gasteiger partial charge in [0.25, 0.3) is 5.24 Å². The minimum Gasteiger partial charge on any atom is -0.457 e. The van der Waals surface area contributed by atoms with Crippen molar-refractivity contribution in [2.45, 2.75) is 11.7 Å². The van der Waals surface area contributed by atoms with Crippen molar-refractivity contribution in [1.82, 2.24) is 5.32 Å². The first-order chi connectivity index (χ1) is 10.2. The number of nitrogens with one attached hydrogen (secondary N) is 1. The molecule has 4 nitrogen and oxygen atoms in total. The van der Waals surface area contributed by atoms with Gasteiger partial charge in [0.15, 0.2) is 0 Å². The van der Waals surface area contributed by atoms with Crippen LogP contribution >= 0.6 is 11.8 Å². The number of rotatable bonds is 4. The fourth-order valence-electron chi connectivity index (χ4n) is 2.10. The number of amides is 2. The number of imide groups is 1. The van der Waals surface area contributed by atoms with Crippen LogP contribution in [-0.2, 0) is 11.2 Å². The molecule has 0 unspecified atom stereocenters. The Morgan fingerprint density at radius 1 is 1.00 bits per heavy atom. The summed E-state index contributed by atoms with van der Waals surface area (Å²) in [6.07, 6.45) is 0.508. The second-order valence-electron chi connectivity index (χ2n) is 4.65. The third-order valence-corrected chi connectivity index (χ3v) is 4.05. The van der Waals surface area contributed by atoms with E-state index in [-0.39, 0.29) is 16.4 Å². The Bertz CT molecular complexity index is 672. The number of carbonyl (C=O) groups excluding carboxylic acids is 2. The molecule has 0 aromatic heterocycles. The zero-order valence-electron chi connectivity index (χ0n) is 11.1. The highest BCUT2D eigenvalue weighted by molar-refractivity contribution is 8.15. The van der Waals surface area contributed by atoms with Crippen molar-refractivity contribution in [2.24, 2.45) is 0 Å². The first-order valence-corrected chi connectivity index (χ1v) is 7.42. The summed E-state index contributed by atoms with van der Waals surface area (Å²) in [6.45, 7) is 0. The lowest BCUT2D eigenvalue weighted by Crippen LogP contribution is -2.25. The molecular formula is C16H13NO3S. The Hall–Kier alpha value is -2.27. The molecule has 1 N–H and O–H groups in total. The van der Waals surface area contributed by atoms with Crippen LogP contribution in [0.1, 0.15) is 5.56 Å². The summed E-state index contributed by atoms with van der Waals surface area (Å²) in [5, 5.41) is 1.66. The number of carbonyl (C=O) groups is 2. The van der Waals surface area contributed by atoms with Crippen LogP contribution in [0, 0.1) is 0 Å². The number of para-hydroxylation sites is 1. The van der Waals surface area contributed by atoms with Gasteiger partial charge in [-0.2, -0.15) is 0 Å². The summed E-state index contributed by atoms with van der Waals surface area (Å²) in [7, 11) is 0. The maximum atomic E-state index is 11.6. The van der Waals surface area contributed by atoms with E-state index < -0.39 is 0 Å². The topological polar surface area (TPSA) is 55.4 Å². The lowest BCUT2D eigenvalue weighted by atomic mass is 10.1. The molecule has 1 fully saturated rings. The third-order valence-electron chi connectivity index (χ3n) is 3.07. The van der Waals surface area contributed by atoms with Crippen molar-refractivity contribution in [1.29, 1.82) is 0 Å². The summed E-state index contributed by atoms with van der Waals surface area (Å²) in [5.74, 6) is 1.26. The average molecular weight is 299 g/mol. The van der Waals surface area contributed by atoms with Gasteiger partial charge in [-0.05, 0) is 36.2 Å². The normalized spacial score (nSPS) is 17.6. The lowest BCUT2D eigenvalue weighted by molar-refractivity contribution is -0.118. The highest BCUT2D eigenvalue weighted by atomic mass is 32.2. The quantitative estimate of drug-likeness (QED) is 0.940. The predicted molar refractivity (Wildman–Crippen MR) is 81.6 cm³/mol. The van der Waals surface area contributed by atoms with Crippen LogP contribution in [0.2, 0.25) is 0 Å². The first kappa shape index (κ1) is 13.7. The third kappa shape index (κ3) is 3.44. The lowest BCUT2D eigenvalue weighted by Gasteiger charge is -2.09. The number of benzene rings is 2. The van der Waals surface area contributed by atoms with E-state index in [1.54, 1.807) is 0 Å². The van der Waals surface area contributed by atoms with Gasteiger partial charge in [0.2, 0.25) is 5.91 Å². The minimum atomic E-state index is -0.357. The van der Waals surface area contributed by atoms with Crippen molar-refractivity contribution in [3.63, 3.8) is 0 Å². The Balaban J connectivity index is 1.71. The molecule has 106 valence electrons. The smallest absolute Gasteiger partial charge is 0.286 e. The van der Waals surface area contributed by atoms with Crippen molar-refractivity contribution in [2.75, 3.05) is 0 Å². The SMILES string of the molecule is O=C1NC(=O)[C@@H](Cc2cccc(Oc3ccccc3)c2)S1. The van der Waals surface area contributed by atoms with E-state index >= 15 is 0 Å². The summed E-state index contributed by atoms with van der Waals surface area (Å²) in [4.78, 5) is 22.7. The average Bonchev–Trinajstić information content (AvgIpc) is 2.78. The number of hydrogen-bond donors (Lipinski definition) is 1. The van der Waals surface area contributed by atoms with Crippen LogP contribution in [0.25, 0.3) is 0 Å². The summed E-state index contributed by atoms with van der Waals surface area (Å²) in [6, 6.07) is 17.1. The maximum absolute atomic E-state index is 11.6. The van der Waals surface area contributed by atoms with Gasteiger partial charge < -0.3 is 4.74 Å². The minimum absolute atomic E-state index is 0.223. The van der Waals surface area contributed by atoms with Crippen molar-refractivity contribution >= 4 is 22.9 Å². The standard InChI is InChI=1S/C16H13NO3S/c18-15-14(21-16(19)17-15)10-11-5-4-8-13(9-11)20-12-6-2-1-3-7-12/h1-9,14H,10H2,(H,17,18,19)/t14-/m1/s1. The molecule has 3 rings (SSSR count). The number of thioether (sulfide) groups is 1. The molecule has 2 aromatic rings. The first-order valence-electron chi connectivity index (χ1n) is 6.54. The van der Waals surface area contributed by atoms with Crippen LogP contribution < -0.4 is 10.1 Å². The van der Waals surface area contributed by atoms with E-state index in [9.17, 15) is 9.59 Å². The number of ether oxygens (including phenoxy) is 1. The Labute approximate surface area is 126 Å². The Morgan fingerprint density at radius 3 is 2.48 bits per heavy atom. The van der Waals surface area contributed by atoms with Crippen LogP contribution in [0.4, 0.5) is 4.79 Å². The van der Waals surface area contributed by atoms with Crippen LogP contribution in [0.15, 0.2) is 54.6 Å². The van der Waals surface area contributed by atoms with Gasteiger partial charge in [0.1, 0.15) is 11.5 Å². The fraction of sp³-hybridized carbons (Fsp3) is 0.125. The molecule has 1 saturated heterocycles. The molecule has 0 radical (unpaired) electrons. The molecule has 0 saturated carbocycles. The molecule has 0 spiro atoms. The second-order valence-corrected chi connectivity index (χ2v) is 5.83. The van der Waals surface area contributed by atoms with E-state index in [0.717, 1.165) is 23.1 Å². The highest BCUT2D eigenvalue weighted by Crippen LogP contribution is 2.26. The molecule has 0 aliphatic carbocycles. The van der Waals surface area contributed by atoms with Gasteiger partial charge in [-0.3, -0.25) is 14.9 Å². The van der Waals surface area contributed by atoms with Crippen molar-refractivity contribution in [3.05, 3.63) is 60.2 Å². The second kappa shape index (κ2) is 6.01. The van der Waals surface area contributed by atoms with Gasteiger partial charge in [-0.15, -0.1) is 0 Å². The molecule has 1 atom stereocenters. The highest BCUT2D eigenvalue weighted by Gasteiger charge is 2.31. The molecule has 1 aliphatic heterocycles. The van der Waals surface area contributed by atoms with Gasteiger partial charge in [-0.25, -0.2) is 0 Å². The van der Waals surface area contributed by atoms with E-state index in [4.69, 9.17) is 4.74 Å². The zero-order chi connectivity index (χ0) is 14.7. The van der Waals surface area contributed by atoms with Gasteiger partial charge in [0, 0.05) is 0 Å². The molecule has 2 amide bonds. The molecular weight excluding hydrogens is 286 g/mol. The Morgan fingerprint density at radius 2 is 1.76 bits per heavy atom. The van der Waals surface area contributed by atoms with Crippen LogP contribution in [-0.4, -0.2) is 16.4 Å². The zero-order valence-corrected chi connectivity index (χ0v) is 11.9. The molecule has 1 heterocycles. The summed E-state index contributed by atoms with van der Waals surface area (Å²) < 4.78 is 5.76.